The van der Waals surface area contributed by atoms with E-state index in [0.29, 0.717) is 0 Å². The van der Waals surface area contributed by atoms with Gasteiger partial charge in [0.2, 0.25) is 0 Å². The molecule has 4 rings (SSSR count). The molecule has 0 aromatic carbocycles. The van der Waals surface area contributed by atoms with Gasteiger partial charge in [-0.2, -0.15) is 8.42 Å². The van der Waals surface area contributed by atoms with E-state index in [-0.39, 0.29) is 13.2 Å². The van der Waals surface area contributed by atoms with Gasteiger partial charge < -0.3 is 43.0 Å². The Balaban J connectivity index is 0.000000205. The Kier molecular flexibility index (Phi) is 8.69. The Morgan fingerprint density at radius 1 is 0.806 bits per heavy atom. The third-order valence-electron chi connectivity index (χ3n) is 5.39. The SMILES string of the molecule is CC(=O)OC[C@H]1OC2OC(C)(C)O[C@@H]2[C@@H]1O.CC(=O)OC[C@H]1OC2OC(C)(C)O[C@@H]2[C@@H]1OS(C)(=O)=O. The van der Waals surface area contributed by atoms with E-state index in [9.17, 15) is 23.1 Å². The van der Waals surface area contributed by atoms with Gasteiger partial charge in [0.1, 0.15) is 49.8 Å². The number of esters is 2. The van der Waals surface area contributed by atoms with Crippen molar-refractivity contribution in [3.05, 3.63) is 0 Å². The van der Waals surface area contributed by atoms with Crippen molar-refractivity contribution in [1.29, 1.82) is 0 Å². The second-order valence-corrected chi connectivity index (χ2v) is 11.2. The van der Waals surface area contributed by atoms with Gasteiger partial charge in [-0.25, -0.2) is 0 Å². The van der Waals surface area contributed by atoms with E-state index >= 15 is 0 Å². The zero-order valence-corrected chi connectivity index (χ0v) is 22.0. The van der Waals surface area contributed by atoms with Crippen molar-refractivity contribution in [2.45, 2.75) is 102 Å². The maximum absolute atomic E-state index is 11.3. The second kappa shape index (κ2) is 10.7. The summed E-state index contributed by atoms with van der Waals surface area (Å²) in [5, 5.41) is 9.88. The molecule has 0 aromatic rings. The molecule has 15 heteroatoms. The maximum atomic E-state index is 11.3. The lowest BCUT2D eigenvalue weighted by Gasteiger charge is -2.24. The van der Waals surface area contributed by atoms with Gasteiger partial charge in [-0.05, 0) is 27.7 Å². The van der Waals surface area contributed by atoms with Crippen LogP contribution in [0.3, 0.4) is 0 Å². The highest BCUT2D eigenvalue weighted by Gasteiger charge is 2.57. The molecule has 8 atom stereocenters. The number of hydrogen-bond donors (Lipinski definition) is 1. The predicted octanol–water partition coefficient (Wildman–Crippen LogP) is -0.442. The van der Waals surface area contributed by atoms with Crippen LogP contribution in [0.1, 0.15) is 41.5 Å². The number of carbonyl (C=O) groups excluding carboxylic acids is 2. The number of fused-ring (bicyclic) bond motifs is 2. The average Bonchev–Trinajstić information content (AvgIpc) is 3.36. The largest absolute Gasteiger partial charge is 0.463 e. The second-order valence-electron chi connectivity index (χ2n) is 9.65. The highest BCUT2D eigenvalue weighted by atomic mass is 32.2. The molecule has 2 unspecified atom stereocenters. The van der Waals surface area contributed by atoms with Crippen LogP contribution in [0, 0.1) is 0 Å². The molecule has 4 heterocycles. The molecule has 208 valence electrons. The molecule has 14 nitrogen and oxygen atoms in total. The summed E-state index contributed by atoms with van der Waals surface area (Å²) in [7, 11) is -3.71. The highest BCUT2D eigenvalue weighted by molar-refractivity contribution is 7.86. The van der Waals surface area contributed by atoms with Crippen molar-refractivity contribution in [1.82, 2.24) is 0 Å². The van der Waals surface area contributed by atoms with Crippen LogP contribution in [0.4, 0.5) is 0 Å². The van der Waals surface area contributed by atoms with Crippen LogP contribution in [0.25, 0.3) is 0 Å². The number of aliphatic hydroxyl groups excluding tert-OH is 1. The Labute approximate surface area is 209 Å². The van der Waals surface area contributed by atoms with E-state index in [1.54, 1.807) is 27.7 Å². The normalized spacial score (nSPS) is 38.0. The fourth-order valence-electron chi connectivity index (χ4n) is 4.09. The molecule has 0 aromatic heterocycles. The molecular weight excluding hydrogens is 508 g/mol. The third-order valence-corrected chi connectivity index (χ3v) is 5.96. The molecule has 4 aliphatic heterocycles. The van der Waals surface area contributed by atoms with Crippen molar-refractivity contribution in [2.24, 2.45) is 0 Å². The maximum Gasteiger partial charge on any atom is 0.302 e. The molecule has 4 fully saturated rings. The smallest absolute Gasteiger partial charge is 0.302 e. The monoisotopic (exact) mass is 542 g/mol. The van der Waals surface area contributed by atoms with Crippen molar-refractivity contribution in [3.63, 3.8) is 0 Å². The predicted molar refractivity (Wildman–Crippen MR) is 116 cm³/mol. The molecule has 1 N–H and O–H groups in total. The molecule has 0 aliphatic carbocycles. The number of hydrogen-bond acceptors (Lipinski definition) is 14. The first-order chi connectivity index (χ1) is 16.5. The van der Waals surface area contributed by atoms with Crippen molar-refractivity contribution in [3.8, 4) is 0 Å². The van der Waals surface area contributed by atoms with Gasteiger partial charge in [0.25, 0.3) is 10.1 Å². The lowest BCUT2D eigenvalue weighted by Crippen LogP contribution is -2.40. The third kappa shape index (κ3) is 7.55. The molecule has 0 bridgehead atoms. The van der Waals surface area contributed by atoms with Crippen LogP contribution in [0.5, 0.6) is 0 Å². The van der Waals surface area contributed by atoms with Crippen LogP contribution >= 0.6 is 0 Å². The van der Waals surface area contributed by atoms with Gasteiger partial charge in [-0.1, -0.05) is 0 Å². The molecule has 36 heavy (non-hydrogen) atoms. The molecule has 4 aliphatic rings. The summed E-state index contributed by atoms with van der Waals surface area (Å²) in [5.41, 5.74) is 0. The minimum atomic E-state index is -3.71. The Hall–Kier alpha value is -1.43. The van der Waals surface area contributed by atoms with Crippen LogP contribution < -0.4 is 0 Å². The lowest BCUT2D eigenvalue weighted by atomic mass is 10.1. The summed E-state index contributed by atoms with van der Waals surface area (Å²) in [6.45, 7) is 9.31. The zero-order chi connectivity index (χ0) is 27.1. The van der Waals surface area contributed by atoms with Gasteiger partial charge in [-0.15, -0.1) is 0 Å². The fourth-order valence-corrected chi connectivity index (χ4v) is 4.73. The Morgan fingerprint density at radius 2 is 1.25 bits per heavy atom. The van der Waals surface area contributed by atoms with Crippen LogP contribution in [0.2, 0.25) is 0 Å². The number of carbonyl (C=O) groups is 2. The topological polar surface area (TPSA) is 172 Å². The molecule has 0 spiro atoms. The van der Waals surface area contributed by atoms with Gasteiger partial charge in [0, 0.05) is 13.8 Å². The fraction of sp³-hybridized carbons (Fsp3) is 0.905. The van der Waals surface area contributed by atoms with E-state index in [4.69, 9.17) is 42.1 Å². The molecule has 0 amide bonds. The number of rotatable bonds is 6. The van der Waals surface area contributed by atoms with Gasteiger partial charge in [0.05, 0.1) is 6.26 Å². The summed E-state index contributed by atoms with van der Waals surface area (Å²) >= 11 is 0. The Morgan fingerprint density at radius 3 is 1.72 bits per heavy atom. The van der Waals surface area contributed by atoms with E-state index in [1.807, 2.05) is 0 Å². The van der Waals surface area contributed by atoms with E-state index in [1.165, 1.54) is 13.8 Å². The minimum absolute atomic E-state index is 0.0106. The number of ether oxygens (including phenoxy) is 8. The van der Waals surface area contributed by atoms with Crippen molar-refractivity contribution < 1.29 is 65.2 Å². The summed E-state index contributed by atoms with van der Waals surface area (Å²) < 4.78 is 70.2. The van der Waals surface area contributed by atoms with Crippen molar-refractivity contribution in [2.75, 3.05) is 19.5 Å². The first-order valence-electron chi connectivity index (χ1n) is 11.3. The zero-order valence-electron chi connectivity index (χ0n) is 21.2. The lowest BCUT2D eigenvalue weighted by molar-refractivity contribution is -0.220. The van der Waals surface area contributed by atoms with Crippen molar-refractivity contribution >= 4 is 22.1 Å². The van der Waals surface area contributed by atoms with Gasteiger partial charge in [0.15, 0.2) is 24.2 Å². The molecule has 0 saturated carbocycles. The highest BCUT2D eigenvalue weighted by Crippen LogP contribution is 2.39. The molecule has 4 saturated heterocycles. The molecular formula is C21H34O14S. The average molecular weight is 543 g/mol. The van der Waals surface area contributed by atoms with Crippen LogP contribution in [-0.2, 0) is 61.8 Å². The van der Waals surface area contributed by atoms with E-state index in [0.717, 1.165) is 6.26 Å². The first kappa shape index (κ1) is 29.1. The standard InChI is InChI=1S/C11H18O8S.C10H16O6/c1-6(12)15-5-7-8(19-20(4,13)14)9-10(16-7)18-11(2,3)17-9;1-5(11)13-4-6-7(12)8-9(14-6)16-10(2,3)15-8/h7-10H,5H2,1-4H3;6-9,12H,4H2,1-3H3/t7-,8-,9-,10?;6-,7-,8-,9?/m11/s1. The van der Waals surface area contributed by atoms with E-state index < -0.39 is 82.8 Å². The Bertz CT molecular complexity index is 918. The van der Waals surface area contributed by atoms with Gasteiger partial charge in [-0.3, -0.25) is 13.8 Å². The molecule has 0 radical (unpaired) electrons. The summed E-state index contributed by atoms with van der Waals surface area (Å²) in [4.78, 5) is 21.5. The van der Waals surface area contributed by atoms with Gasteiger partial charge >= 0.3 is 11.9 Å². The van der Waals surface area contributed by atoms with E-state index in [2.05, 4.69) is 0 Å². The minimum Gasteiger partial charge on any atom is -0.463 e. The van der Waals surface area contributed by atoms with Crippen LogP contribution in [0.15, 0.2) is 0 Å². The summed E-state index contributed by atoms with van der Waals surface area (Å²) in [6.07, 6.45) is -4.74. The quantitative estimate of drug-likeness (QED) is 0.338. The summed E-state index contributed by atoms with van der Waals surface area (Å²) in [5.74, 6) is -2.54. The summed E-state index contributed by atoms with van der Waals surface area (Å²) in [6, 6.07) is 0. The first-order valence-corrected chi connectivity index (χ1v) is 13.1. The van der Waals surface area contributed by atoms with Crippen LogP contribution in [-0.4, -0.2) is 106 Å². The number of aliphatic hydroxyl groups is 1.